The van der Waals surface area contributed by atoms with Gasteiger partial charge in [0.1, 0.15) is 11.5 Å². The molecule has 0 unspecified atom stereocenters. The Morgan fingerprint density at radius 1 is 1.11 bits per heavy atom. The molecular formula is C18H14IN3O4S. The third kappa shape index (κ3) is 5.02. The standard InChI is InChI=1S/C18H14IN3O4S/c19-14-3-1-2-13(10-14)18(23)22-21-11-15-6-9-17(26-15)12-4-7-16(8-5-12)27(20,24)25/h1-11H,(H,22,23)(H2,20,24,25)/b21-11-. The van der Waals surface area contributed by atoms with Gasteiger partial charge in [0, 0.05) is 14.7 Å². The number of rotatable bonds is 5. The first-order valence-corrected chi connectivity index (χ1v) is 10.3. The topological polar surface area (TPSA) is 115 Å². The molecule has 0 aliphatic carbocycles. The molecule has 2 aromatic carbocycles. The van der Waals surface area contributed by atoms with Gasteiger partial charge >= 0.3 is 0 Å². The maximum absolute atomic E-state index is 12.0. The van der Waals surface area contributed by atoms with Gasteiger partial charge in [-0.25, -0.2) is 19.0 Å². The summed E-state index contributed by atoms with van der Waals surface area (Å²) in [6.07, 6.45) is 1.38. The number of hydrogen-bond acceptors (Lipinski definition) is 5. The molecule has 3 N–H and O–H groups in total. The van der Waals surface area contributed by atoms with Crippen molar-refractivity contribution in [2.45, 2.75) is 4.90 Å². The smallest absolute Gasteiger partial charge is 0.271 e. The van der Waals surface area contributed by atoms with Crippen molar-refractivity contribution in [3.8, 4) is 11.3 Å². The number of primary sulfonamides is 1. The molecule has 0 saturated carbocycles. The number of nitrogens with one attached hydrogen (secondary N) is 1. The van der Waals surface area contributed by atoms with Crippen LogP contribution < -0.4 is 10.6 Å². The Labute approximate surface area is 169 Å². The molecule has 7 nitrogen and oxygen atoms in total. The van der Waals surface area contributed by atoms with Gasteiger partial charge in [0.2, 0.25) is 10.0 Å². The van der Waals surface area contributed by atoms with Crippen LogP contribution in [0.4, 0.5) is 0 Å². The lowest BCUT2D eigenvalue weighted by Gasteiger charge is -2.00. The van der Waals surface area contributed by atoms with Crippen molar-refractivity contribution >= 4 is 44.7 Å². The first-order chi connectivity index (χ1) is 12.8. The normalized spacial score (nSPS) is 11.6. The molecule has 3 rings (SSSR count). The number of hydrogen-bond donors (Lipinski definition) is 2. The molecule has 0 bridgehead atoms. The highest BCUT2D eigenvalue weighted by molar-refractivity contribution is 14.1. The highest BCUT2D eigenvalue weighted by Gasteiger charge is 2.09. The number of nitrogens with two attached hydrogens (primary N) is 1. The van der Waals surface area contributed by atoms with Crippen molar-refractivity contribution in [3.05, 3.63) is 75.6 Å². The summed E-state index contributed by atoms with van der Waals surface area (Å²) in [4.78, 5) is 12.0. The first kappa shape index (κ1) is 19.3. The molecule has 0 aliphatic heterocycles. The van der Waals surface area contributed by atoms with E-state index in [-0.39, 0.29) is 10.8 Å². The first-order valence-electron chi connectivity index (χ1n) is 7.65. The van der Waals surface area contributed by atoms with Crippen molar-refractivity contribution < 1.29 is 17.6 Å². The second kappa shape index (κ2) is 8.03. The van der Waals surface area contributed by atoms with E-state index in [9.17, 15) is 13.2 Å². The quantitative estimate of drug-likeness (QED) is 0.322. The van der Waals surface area contributed by atoms with Crippen LogP contribution >= 0.6 is 22.6 Å². The van der Waals surface area contributed by atoms with Crippen molar-refractivity contribution in [1.29, 1.82) is 0 Å². The van der Waals surface area contributed by atoms with Gasteiger partial charge in [-0.1, -0.05) is 6.07 Å². The van der Waals surface area contributed by atoms with Crippen LogP contribution in [0.2, 0.25) is 0 Å². The summed E-state index contributed by atoms with van der Waals surface area (Å²) in [5, 5.41) is 8.96. The van der Waals surface area contributed by atoms with E-state index in [1.165, 1.54) is 18.3 Å². The molecule has 1 aromatic heterocycles. The highest BCUT2D eigenvalue weighted by atomic mass is 127. The fourth-order valence-corrected chi connectivity index (χ4v) is 3.29. The number of amides is 1. The molecule has 0 atom stereocenters. The van der Waals surface area contributed by atoms with Crippen LogP contribution in [0.25, 0.3) is 11.3 Å². The van der Waals surface area contributed by atoms with Gasteiger partial charge in [-0.05, 0) is 77.2 Å². The van der Waals surface area contributed by atoms with E-state index >= 15 is 0 Å². The number of benzene rings is 2. The number of furan rings is 1. The molecule has 1 amide bonds. The van der Waals surface area contributed by atoms with Crippen molar-refractivity contribution in [1.82, 2.24) is 5.43 Å². The Bertz CT molecular complexity index is 1110. The van der Waals surface area contributed by atoms with Gasteiger partial charge in [-0.2, -0.15) is 5.10 Å². The molecule has 9 heteroatoms. The summed E-state index contributed by atoms with van der Waals surface area (Å²) in [5.74, 6) is 0.639. The van der Waals surface area contributed by atoms with Crippen LogP contribution in [0.3, 0.4) is 0 Å². The number of hydrazone groups is 1. The molecule has 0 spiro atoms. The van der Waals surface area contributed by atoms with E-state index in [0.717, 1.165) is 3.57 Å². The zero-order valence-electron chi connectivity index (χ0n) is 13.8. The summed E-state index contributed by atoms with van der Waals surface area (Å²) in [6.45, 7) is 0. The Morgan fingerprint density at radius 2 is 1.85 bits per heavy atom. The maximum Gasteiger partial charge on any atom is 0.271 e. The van der Waals surface area contributed by atoms with E-state index in [1.807, 2.05) is 6.07 Å². The van der Waals surface area contributed by atoms with Gasteiger partial charge in [-0.15, -0.1) is 0 Å². The number of carbonyl (C=O) groups excluding carboxylic acids is 1. The summed E-state index contributed by atoms with van der Waals surface area (Å²) in [7, 11) is -3.73. The lowest BCUT2D eigenvalue weighted by atomic mass is 10.2. The molecule has 0 radical (unpaired) electrons. The number of nitrogens with zero attached hydrogens (tertiary/aromatic N) is 1. The fourth-order valence-electron chi connectivity index (χ4n) is 2.24. The molecule has 0 fully saturated rings. The zero-order valence-corrected chi connectivity index (χ0v) is 16.8. The van der Waals surface area contributed by atoms with Crippen molar-refractivity contribution in [2.75, 3.05) is 0 Å². The molecule has 0 aliphatic rings. The van der Waals surface area contributed by atoms with Crippen LogP contribution in [0, 0.1) is 3.57 Å². The Hall–Kier alpha value is -2.50. The molecule has 27 heavy (non-hydrogen) atoms. The monoisotopic (exact) mass is 495 g/mol. The van der Waals surface area contributed by atoms with Gasteiger partial charge in [0.05, 0.1) is 11.1 Å². The fraction of sp³-hybridized carbons (Fsp3) is 0. The van der Waals surface area contributed by atoms with Crippen LogP contribution in [0.5, 0.6) is 0 Å². The summed E-state index contributed by atoms with van der Waals surface area (Å²) in [6, 6.07) is 16.5. The van der Waals surface area contributed by atoms with Crippen LogP contribution in [0.1, 0.15) is 16.1 Å². The average molecular weight is 495 g/mol. The number of carbonyl (C=O) groups is 1. The minimum absolute atomic E-state index is 0.0258. The van der Waals surface area contributed by atoms with E-state index in [1.54, 1.807) is 42.5 Å². The lowest BCUT2D eigenvalue weighted by molar-refractivity contribution is 0.0955. The summed E-state index contributed by atoms with van der Waals surface area (Å²) >= 11 is 2.13. The predicted molar refractivity (Wildman–Crippen MR) is 110 cm³/mol. The molecular weight excluding hydrogens is 481 g/mol. The van der Waals surface area contributed by atoms with E-state index in [2.05, 4.69) is 33.1 Å². The SMILES string of the molecule is NS(=O)(=O)c1ccc(-c2ccc(/C=N\NC(=O)c3cccc(I)c3)o2)cc1. The Morgan fingerprint density at radius 3 is 2.52 bits per heavy atom. The van der Waals surface area contributed by atoms with Crippen LogP contribution in [-0.2, 0) is 10.0 Å². The zero-order chi connectivity index (χ0) is 19.4. The van der Waals surface area contributed by atoms with Crippen molar-refractivity contribution in [2.24, 2.45) is 10.2 Å². The summed E-state index contributed by atoms with van der Waals surface area (Å²) in [5.41, 5.74) is 3.63. The molecule has 0 saturated heterocycles. The van der Waals surface area contributed by atoms with Crippen LogP contribution in [-0.4, -0.2) is 20.5 Å². The molecule has 1 heterocycles. The second-order valence-electron chi connectivity index (χ2n) is 5.48. The minimum Gasteiger partial charge on any atom is -0.455 e. The molecule has 138 valence electrons. The second-order valence-corrected chi connectivity index (χ2v) is 8.29. The van der Waals surface area contributed by atoms with Crippen molar-refractivity contribution in [3.63, 3.8) is 0 Å². The van der Waals surface area contributed by atoms with Gasteiger partial charge in [-0.3, -0.25) is 4.79 Å². The van der Waals surface area contributed by atoms with E-state index in [4.69, 9.17) is 9.56 Å². The van der Waals surface area contributed by atoms with Crippen LogP contribution in [0.15, 0.2) is 75.1 Å². The van der Waals surface area contributed by atoms with Gasteiger partial charge in [0.25, 0.3) is 5.91 Å². The average Bonchev–Trinajstić information content (AvgIpc) is 3.10. The van der Waals surface area contributed by atoms with E-state index in [0.29, 0.717) is 22.6 Å². The number of sulfonamides is 1. The van der Waals surface area contributed by atoms with E-state index < -0.39 is 10.0 Å². The highest BCUT2D eigenvalue weighted by Crippen LogP contribution is 2.22. The Balaban J connectivity index is 1.67. The maximum atomic E-state index is 12.0. The Kier molecular flexibility index (Phi) is 5.73. The van der Waals surface area contributed by atoms with Gasteiger partial charge in [0.15, 0.2) is 0 Å². The lowest BCUT2D eigenvalue weighted by Crippen LogP contribution is -2.17. The molecule has 3 aromatic rings. The third-order valence-electron chi connectivity index (χ3n) is 3.54. The predicted octanol–water partition coefficient (Wildman–Crippen LogP) is 2.96. The third-order valence-corrected chi connectivity index (χ3v) is 5.14. The van der Waals surface area contributed by atoms with Gasteiger partial charge < -0.3 is 4.42 Å². The minimum atomic E-state index is -3.73. The largest absolute Gasteiger partial charge is 0.455 e. The summed E-state index contributed by atoms with van der Waals surface area (Å²) < 4.78 is 29.1. The number of halogens is 1.